The molecule has 0 aliphatic heterocycles. The molecule has 67 heavy (non-hydrogen) atoms. The van der Waals surface area contributed by atoms with Gasteiger partial charge in [0, 0.05) is 19.3 Å². The van der Waals surface area contributed by atoms with Crippen molar-refractivity contribution < 1.29 is 28.6 Å². The topological polar surface area (TPSA) is 78.9 Å². The van der Waals surface area contributed by atoms with Crippen molar-refractivity contribution in [1.29, 1.82) is 0 Å². The standard InChI is InChI=1S/C61H110O6/c1-4-7-10-13-16-18-20-22-24-26-28-30-32-34-36-38-40-42-45-48-51-54-60(63)66-57-58(56-65-59(62)53-50-47-44-15-12-9-6-3)67-61(64)55-52-49-46-43-41-39-37-35-33-31-29-27-25-23-21-19-17-14-11-8-5-2/h20-23,26-29,58H,4-19,24-25,30-57H2,1-3H3/b22-20-,23-21-,28-26-,29-27-. The van der Waals surface area contributed by atoms with Crippen LogP contribution in [-0.2, 0) is 28.6 Å². The summed E-state index contributed by atoms with van der Waals surface area (Å²) in [5, 5.41) is 0. The highest BCUT2D eigenvalue weighted by Gasteiger charge is 2.19. The fourth-order valence-corrected chi connectivity index (χ4v) is 8.39. The van der Waals surface area contributed by atoms with Crippen molar-refractivity contribution in [3.63, 3.8) is 0 Å². The average molecular weight is 940 g/mol. The van der Waals surface area contributed by atoms with Crippen molar-refractivity contribution in [2.24, 2.45) is 0 Å². The Morgan fingerprint density at radius 3 is 0.821 bits per heavy atom. The van der Waals surface area contributed by atoms with E-state index in [1.54, 1.807) is 0 Å². The number of hydrogen-bond donors (Lipinski definition) is 0. The molecule has 390 valence electrons. The van der Waals surface area contributed by atoms with Crippen molar-refractivity contribution in [3.8, 4) is 0 Å². The molecule has 6 heteroatoms. The Balaban J connectivity index is 4.19. The fraction of sp³-hybridized carbons (Fsp3) is 0.820. The normalized spacial score (nSPS) is 12.3. The van der Waals surface area contributed by atoms with Gasteiger partial charge >= 0.3 is 17.9 Å². The van der Waals surface area contributed by atoms with E-state index in [9.17, 15) is 14.4 Å². The SMILES string of the molecule is CCCCCCC/C=C\C/C=C\CCCCCCCCCCCC(=O)OCC(COC(=O)CCCCCCCCC)OC(=O)CCCCCCCCCCC/C=C\C/C=C\CCCCCCC. The molecule has 1 unspecified atom stereocenters. The van der Waals surface area contributed by atoms with Gasteiger partial charge < -0.3 is 14.2 Å². The lowest BCUT2D eigenvalue weighted by atomic mass is 10.1. The summed E-state index contributed by atoms with van der Waals surface area (Å²) in [6, 6.07) is 0. The summed E-state index contributed by atoms with van der Waals surface area (Å²) in [7, 11) is 0. The summed E-state index contributed by atoms with van der Waals surface area (Å²) in [6.07, 6.45) is 68.4. The quantitative estimate of drug-likeness (QED) is 0.0262. The number of carbonyl (C=O) groups excluding carboxylic acids is 3. The molecule has 0 saturated carbocycles. The fourth-order valence-electron chi connectivity index (χ4n) is 8.39. The molecule has 0 aromatic carbocycles. The number of rotatable bonds is 53. The van der Waals surface area contributed by atoms with E-state index in [-0.39, 0.29) is 31.1 Å². The second-order valence-electron chi connectivity index (χ2n) is 19.6. The van der Waals surface area contributed by atoms with Crippen molar-refractivity contribution >= 4 is 17.9 Å². The molecule has 0 saturated heterocycles. The van der Waals surface area contributed by atoms with Crippen LogP contribution in [0.25, 0.3) is 0 Å². The molecular formula is C61H110O6. The molecule has 0 amide bonds. The van der Waals surface area contributed by atoms with Crippen molar-refractivity contribution in [1.82, 2.24) is 0 Å². The molecule has 6 nitrogen and oxygen atoms in total. The van der Waals surface area contributed by atoms with Gasteiger partial charge in [-0.25, -0.2) is 0 Å². The third kappa shape index (κ3) is 54.2. The van der Waals surface area contributed by atoms with Gasteiger partial charge in [-0.1, -0.05) is 249 Å². The van der Waals surface area contributed by atoms with Crippen LogP contribution in [0.2, 0.25) is 0 Å². The third-order valence-electron chi connectivity index (χ3n) is 12.8. The zero-order valence-corrected chi connectivity index (χ0v) is 44.7. The van der Waals surface area contributed by atoms with Crippen LogP contribution in [-0.4, -0.2) is 37.2 Å². The van der Waals surface area contributed by atoms with E-state index >= 15 is 0 Å². The van der Waals surface area contributed by atoms with Gasteiger partial charge in [-0.15, -0.1) is 0 Å². The second kappa shape index (κ2) is 56.0. The number of hydrogen-bond acceptors (Lipinski definition) is 6. The van der Waals surface area contributed by atoms with Crippen LogP contribution in [0.3, 0.4) is 0 Å². The lowest BCUT2D eigenvalue weighted by molar-refractivity contribution is -0.167. The monoisotopic (exact) mass is 939 g/mol. The molecule has 0 heterocycles. The summed E-state index contributed by atoms with van der Waals surface area (Å²) >= 11 is 0. The number of carbonyl (C=O) groups is 3. The first kappa shape index (κ1) is 64.4. The maximum absolute atomic E-state index is 12.8. The zero-order chi connectivity index (χ0) is 48.6. The Hall–Kier alpha value is -2.63. The first-order chi connectivity index (χ1) is 33.0. The Morgan fingerprint density at radius 2 is 0.537 bits per heavy atom. The van der Waals surface area contributed by atoms with Crippen molar-refractivity contribution in [2.45, 2.75) is 309 Å². The van der Waals surface area contributed by atoms with Gasteiger partial charge in [0.25, 0.3) is 0 Å². The van der Waals surface area contributed by atoms with E-state index in [2.05, 4.69) is 69.4 Å². The number of unbranched alkanes of at least 4 members (excludes halogenated alkanes) is 34. The molecule has 0 spiro atoms. The summed E-state index contributed by atoms with van der Waals surface area (Å²) in [6.45, 7) is 6.60. The van der Waals surface area contributed by atoms with Crippen LogP contribution in [0.15, 0.2) is 48.6 Å². The van der Waals surface area contributed by atoms with Gasteiger partial charge in [-0.2, -0.15) is 0 Å². The molecule has 0 aromatic heterocycles. The first-order valence-corrected chi connectivity index (χ1v) is 29.1. The van der Waals surface area contributed by atoms with Crippen LogP contribution < -0.4 is 0 Å². The predicted molar refractivity (Wildman–Crippen MR) is 289 cm³/mol. The highest BCUT2D eigenvalue weighted by atomic mass is 16.6. The van der Waals surface area contributed by atoms with Crippen LogP contribution in [0, 0.1) is 0 Å². The summed E-state index contributed by atoms with van der Waals surface area (Å²) < 4.78 is 16.8. The first-order valence-electron chi connectivity index (χ1n) is 29.1. The summed E-state index contributed by atoms with van der Waals surface area (Å²) in [5.74, 6) is -0.877. The van der Waals surface area contributed by atoms with Crippen molar-refractivity contribution in [2.75, 3.05) is 13.2 Å². The van der Waals surface area contributed by atoms with Crippen LogP contribution in [0.4, 0.5) is 0 Å². The Bertz CT molecular complexity index is 1170. The van der Waals surface area contributed by atoms with Gasteiger partial charge in [0.05, 0.1) is 0 Å². The van der Waals surface area contributed by atoms with Gasteiger partial charge in [-0.05, 0) is 83.5 Å². The largest absolute Gasteiger partial charge is 0.462 e. The molecule has 0 aromatic rings. The minimum atomic E-state index is -0.774. The molecular weight excluding hydrogens is 829 g/mol. The van der Waals surface area contributed by atoms with E-state index in [0.29, 0.717) is 19.3 Å². The average Bonchev–Trinajstić information content (AvgIpc) is 3.33. The molecule has 0 fully saturated rings. The van der Waals surface area contributed by atoms with Gasteiger partial charge in [0.15, 0.2) is 6.10 Å². The molecule has 0 bridgehead atoms. The maximum atomic E-state index is 12.8. The number of ether oxygens (including phenoxy) is 3. The zero-order valence-electron chi connectivity index (χ0n) is 44.7. The maximum Gasteiger partial charge on any atom is 0.306 e. The van der Waals surface area contributed by atoms with E-state index in [4.69, 9.17) is 14.2 Å². The Labute approximate surface area is 416 Å². The lowest BCUT2D eigenvalue weighted by Gasteiger charge is -2.18. The minimum absolute atomic E-state index is 0.0745. The smallest absolute Gasteiger partial charge is 0.306 e. The molecule has 1 atom stereocenters. The predicted octanol–water partition coefficient (Wildman–Crippen LogP) is 19.4. The van der Waals surface area contributed by atoms with E-state index in [0.717, 1.165) is 70.6 Å². The Morgan fingerprint density at radius 1 is 0.299 bits per heavy atom. The molecule has 0 aliphatic rings. The number of allylic oxidation sites excluding steroid dienone is 8. The molecule has 0 rings (SSSR count). The van der Waals surface area contributed by atoms with Gasteiger partial charge in [-0.3, -0.25) is 14.4 Å². The van der Waals surface area contributed by atoms with Gasteiger partial charge in [0.1, 0.15) is 13.2 Å². The van der Waals surface area contributed by atoms with Crippen molar-refractivity contribution in [3.05, 3.63) is 48.6 Å². The number of esters is 3. The van der Waals surface area contributed by atoms with Crippen LogP contribution in [0.1, 0.15) is 303 Å². The third-order valence-corrected chi connectivity index (χ3v) is 12.8. The highest BCUT2D eigenvalue weighted by molar-refractivity contribution is 5.71. The van der Waals surface area contributed by atoms with Gasteiger partial charge in [0.2, 0.25) is 0 Å². The molecule has 0 radical (unpaired) electrons. The van der Waals surface area contributed by atoms with Crippen LogP contribution in [0.5, 0.6) is 0 Å². The molecule has 0 N–H and O–H groups in total. The lowest BCUT2D eigenvalue weighted by Crippen LogP contribution is -2.30. The summed E-state index contributed by atoms with van der Waals surface area (Å²) in [4.78, 5) is 38.0. The van der Waals surface area contributed by atoms with E-state index in [1.165, 1.54) is 193 Å². The van der Waals surface area contributed by atoms with E-state index < -0.39 is 6.10 Å². The van der Waals surface area contributed by atoms with E-state index in [1.807, 2.05) is 0 Å². The Kier molecular flexibility index (Phi) is 53.8. The minimum Gasteiger partial charge on any atom is -0.462 e. The second-order valence-corrected chi connectivity index (χ2v) is 19.6. The summed E-state index contributed by atoms with van der Waals surface area (Å²) in [5.41, 5.74) is 0. The van der Waals surface area contributed by atoms with Crippen LogP contribution >= 0.6 is 0 Å². The highest BCUT2D eigenvalue weighted by Crippen LogP contribution is 2.16. The molecule has 0 aliphatic carbocycles.